The molecule has 4 rings (SSSR count). The average molecular weight is 356 g/mol. The van der Waals surface area contributed by atoms with Crippen molar-refractivity contribution in [2.24, 2.45) is 17.1 Å². The SMILES string of the molecule is CN1CC=C2C(C#N)=C(N)C(C#N)(C#N)[C@@]3(C(=O)Nc4ccccc43)[C@@H]2C1. The highest BCUT2D eigenvalue weighted by atomic mass is 16.2. The maximum atomic E-state index is 13.4. The Balaban J connectivity index is 2.20. The highest BCUT2D eigenvalue weighted by Gasteiger charge is 2.71. The minimum atomic E-state index is -1.98. The first-order valence-corrected chi connectivity index (χ1v) is 8.50. The highest BCUT2D eigenvalue weighted by molar-refractivity contribution is 6.09. The van der Waals surface area contributed by atoms with Crippen molar-refractivity contribution in [1.82, 2.24) is 4.90 Å². The molecule has 0 saturated heterocycles. The molecule has 7 heteroatoms. The normalized spacial score (nSPS) is 28.3. The first kappa shape index (κ1) is 16.8. The van der Waals surface area contributed by atoms with E-state index in [2.05, 4.69) is 11.4 Å². The van der Waals surface area contributed by atoms with Crippen LogP contribution in [-0.2, 0) is 10.2 Å². The Morgan fingerprint density at radius 3 is 2.63 bits per heavy atom. The number of nitrogens with zero attached hydrogens (tertiary/aromatic N) is 4. The summed E-state index contributed by atoms with van der Waals surface area (Å²) in [6.07, 6.45) is 1.87. The molecule has 0 saturated carbocycles. The predicted octanol–water partition coefficient (Wildman–Crippen LogP) is 1.15. The zero-order chi connectivity index (χ0) is 19.4. The number of nitrogens with two attached hydrogens (primary N) is 1. The fourth-order valence-electron chi connectivity index (χ4n) is 4.79. The third kappa shape index (κ3) is 1.73. The van der Waals surface area contributed by atoms with Crippen molar-refractivity contribution in [3.05, 3.63) is 52.7 Å². The number of carbonyl (C=O) groups is 1. The van der Waals surface area contributed by atoms with Crippen LogP contribution in [-0.4, -0.2) is 30.9 Å². The summed E-state index contributed by atoms with van der Waals surface area (Å²) in [5.74, 6) is -0.973. The summed E-state index contributed by atoms with van der Waals surface area (Å²) in [6.45, 7) is 1.02. The fourth-order valence-corrected chi connectivity index (χ4v) is 4.79. The molecule has 1 amide bonds. The van der Waals surface area contributed by atoms with E-state index in [1.54, 1.807) is 24.3 Å². The van der Waals surface area contributed by atoms with Gasteiger partial charge in [0.1, 0.15) is 11.5 Å². The van der Waals surface area contributed by atoms with Gasteiger partial charge in [0.25, 0.3) is 0 Å². The Morgan fingerprint density at radius 2 is 1.96 bits per heavy atom. The summed E-state index contributed by atoms with van der Waals surface area (Å²) in [5, 5.41) is 32.8. The van der Waals surface area contributed by atoms with Gasteiger partial charge in [0.2, 0.25) is 11.3 Å². The van der Waals surface area contributed by atoms with Gasteiger partial charge in [-0.3, -0.25) is 4.79 Å². The maximum absolute atomic E-state index is 13.4. The van der Waals surface area contributed by atoms with Gasteiger partial charge in [-0.1, -0.05) is 24.3 Å². The zero-order valence-electron chi connectivity index (χ0n) is 14.7. The van der Waals surface area contributed by atoms with Crippen molar-refractivity contribution < 1.29 is 4.79 Å². The smallest absolute Gasteiger partial charge is 0.238 e. The van der Waals surface area contributed by atoms with Gasteiger partial charge in [-0.25, -0.2) is 0 Å². The number of para-hydroxylation sites is 1. The van der Waals surface area contributed by atoms with Crippen LogP contribution in [0.2, 0.25) is 0 Å². The first-order chi connectivity index (χ1) is 13.0. The summed E-state index contributed by atoms with van der Waals surface area (Å²) < 4.78 is 0. The topological polar surface area (TPSA) is 130 Å². The van der Waals surface area contributed by atoms with Gasteiger partial charge in [0, 0.05) is 24.7 Å². The number of likely N-dealkylation sites (N-methyl/N-ethyl adjacent to an activating group) is 1. The van der Waals surface area contributed by atoms with Crippen LogP contribution in [0.4, 0.5) is 5.69 Å². The Morgan fingerprint density at radius 1 is 1.26 bits per heavy atom. The van der Waals surface area contributed by atoms with E-state index in [0.29, 0.717) is 29.9 Å². The van der Waals surface area contributed by atoms with E-state index < -0.39 is 22.7 Å². The van der Waals surface area contributed by atoms with Crippen LogP contribution in [0.1, 0.15) is 5.56 Å². The van der Waals surface area contributed by atoms with Crippen molar-refractivity contribution in [1.29, 1.82) is 15.8 Å². The number of anilines is 1. The van der Waals surface area contributed by atoms with Crippen molar-refractivity contribution >= 4 is 11.6 Å². The number of benzene rings is 1. The van der Waals surface area contributed by atoms with Crippen LogP contribution < -0.4 is 11.1 Å². The van der Waals surface area contributed by atoms with Gasteiger partial charge < -0.3 is 16.0 Å². The summed E-state index contributed by atoms with van der Waals surface area (Å²) in [6, 6.07) is 13.2. The minimum absolute atomic E-state index is 0.138. The van der Waals surface area contributed by atoms with E-state index in [1.807, 2.05) is 30.2 Å². The molecule has 3 N–H and O–H groups in total. The standard InChI is InChI=1S/C20H16N6O/c1-26-7-6-12-13(8-21)17(24)19(10-22,11-23)20(15(12)9-26)14-4-2-3-5-16(14)25-18(20)27/h2-6,15H,7,9,24H2,1H3,(H,25,27)/t15-,20-/m1/s1. The first-order valence-electron chi connectivity index (χ1n) is 8.50. The molecule has 1 aliphatic carbocycles. The Kier molecular flexibility index (Phi) is 3.40. The summed E-state index contributed by atoms with van der Waals surface area (Å²) >= 11 is 0. The van der Waals surface area contributed by atoms with Crippen LogP contribution >= 0.6 is 0 Å². The molecule has 3 aliphatic rings. The third-order valence-corrected chi connectivity index (χ3v) is 5.97. The molecule has 1 spiro atoms. The van der Waals surface area contributed by atoms with Crippen molar-refractivity contribution in [3.63, 3.8) is 0 Å². The van der Waals surface area contributed by atoms with Crippen LogP contribution in [0.15, 0.2) is 47.2 Å². The predicted molar refractivity (Wildman–Crippen MR) is 96.3 cm³/mol. The molecule has 0 bridgehead atoms. The Labute approximate surface area is 156 Å². The van der Waals surface area contributed by atoms with E-state index >= 15 is 0 Å². The lowest BCUT2D eigenvalue weighted by molar-refractivity contribution is -0.125. The number of allylic oxidation sites excluding steroid dienone is 2. The number of nitriles is 3. The van der Waals surface area contributed by atoms with Crippen molar-refractivity contribution in [2.45, 2.75) is 5.41 Å². The van der Waals surface area contributed by atoms with Gasteiger partial charge >= 0.3 is 0 Å². The van der Waals surface area contributed by atoms with Gasteiger partial charge in [-0.05, 0) is 24.3 Å². The second kappa shape index (κ2) is 5.45. The summed E-state index contributed by atoms with van der Waals surface area (Å²) in [5.41, 5.74) is 4.56. The van der Waals surface area contributed by atoms with E-state index in [9.17, 15) is 20.6 Å². The molecule has 2 aliphatic heterocycles. The molecule has 0 unspecified atom stereocenters. The molecule has 0 fully saturated rings. The number of hydrogen-bond acceptors (Lipinski definition) is 6. The van der Waals surface area contributed by atoms with Gasteiger partial charge in [-0.15, -0.1) is 0 Å². The lowest BCUT2D eigenvalue weighted by Gasteiger charge is -2.50. The molecule has 0 aromatic heterocycles. The zero-order valence-corrected chi connectivity index (χ0v) is 14.7. The van der Waals surface area contributed by atoms with Crippen LogP contribution in [0.3, 0.4) is 0 Å². The quantitative estimate of drug-likeness (QED) is 0.717. The van der Waals surface area contributed by atoms with Gasteiger partial charge in [-0.2, -0.15) is 15.8 Å². The lowest BCUT2D eigenvalue weighted by atomic mass is 9.48. The number of carbonyl (C=O) groups excluding carboxylic acids is 1. The average Bonchev–Trinajstić information content (AvgIpc) is 2.97. The molecule has 2 heterocycles. The Hall–Kier alpha value is -3.60. The molecule has 1 aromatic carbocycles. The molecule has 7 nitrogen and oxygen atoms in total. The second-order valence-corrected chi connectivity index (χ2v) is 7.12. The van der Waals surface area contributed by atoms with E-state index in [1.165, 1.54) is 0 Å². The van der Waals surface area contributed by atoms with Gasteiger partial charge in [0.05, 0.1) is 23.4 Å². The van der Waals surface area contributed by atoms with E-state index in [4.69, 9.17) is 5.73 Å². The number of amides is 1. The van der Waals surface area contributed by atoms with Crippen molar-refractivity contribution in [2.75, 3.05) is 25.5 Å². The number of nitrogens with one attached hydrogen (secondary N) is 1. The van der Waals surface area contributed by atoms with E-state index in [0.717, 1.165) is 0 Å². The molecular weight excluding hydrogens is 340 g/mol. The monoisotopic (exact) mass is 356 g/mol. The lowest BCUT2D eigenvalue weighted by Crippen LogP contribution is -2.62. The number of hydrogen-bond donors (Lipinski definition) is 2. The molecule has 27 heavy (non-hydrogen) atoms. The van der Waals surface area contributed by atoms with E-state index in [-0.39, 0.29) is 11.3 Å². The molecule has 1 aromatic rings. The van der Waals surface area contributed by atoms with Crippen LogP contribution in [0.25, 0.3) is 0 Å². The number of fused-ring (bicyclic) bond motifs is 4. The van der Waals surface area contributed by atoms with Crippen molar-refractivity contribution in [3.8, 4) is 18.2 Å². The third-order valence-electron chi connectivity index (χ3n) is 5.97. The summed E-state index contributed by atoms with van der Waals surface area (Å²) in [4.78, 5) is 15.4. The van der Waals surface area contributed by atoms with Gasteiger partial charge in [0.15, 0.2) is 0 Å². The van der Waals surface area contributed by atoms with Crippen LogP contribution in [0, 0.1) is 45.3 Å². The Bertz CT molecular complexity index is 1050. The maximum Gasteiger partial charge on any atom is 0.238 e. The van der Waals surface area contributed by atoms with Crippen LogP contribution in [0.5, 0.6) is 0 Å². The fraction of sp³-hybridized carbons (Fsp3) is 0.300. The molecular formula is C20H16N6O. The highest BCUT2D eigenvalue weighted by Crippen LogP contribution is 2.61. The number of rotatable bonds is 0. The minimum Gasteiger partial charge on any atom is -0.399 e. The second-order valence-electron chi connectivity index (χ2n) is 7.12. The molecule has 132 valence electrons. The largest absolute Gasteiger partial charge is 0.399 e. The molecule has 0 radical (unpaired) electrons. The summed E-state index contributed by atoms with van der Waals surface area (Å²) in [7, 11) is 1.90. The molecule has 2 atom stereocenters.